The predicted octanol–water partition coefficient (Wildman–Crippen LogP) is 3.11. The molecule has 2 nitrogen and oxygen atoms in total. The van der Waals surface area contributed by atoms with Crippen LogP contribution in [0.25, 0.3) is 0 Å². The molecule has 1 aliphatic heterocycles. The van der Waals surface area contributed by atoms with E-state index in [2.05, 4.69) is 56.1 Å². The zero-order valence-corrected chi connectivity index (χ0v) is 13.3. The minimum atomic E-state index is 0.930. The van der Waals surface area contributed by atoms with Gasteiger partial charge in [-0.25, -0.2) is 0 Å². The minimum Gasteiger partial charge on any atom is -0.316 e. The first-order valence-electron chi connectivity index (χ1n) is 6.51. The van der Waals surface area contributed by atoms with Crippen molar-refractivity contribution in [3.63, 3.8) is 0 Å². The van der Waals surface area contributed by atoms with Gasteiger partial charge in [0, 0.05) is 29.9 Å². The third kappa shape index (κ3) is 4.26. The maximum absolute atomic E-state index is 3.70. The molecule has 100 valence electrons. The van der Waals surface area contributed by atoms with Crippen molar-refractivity contribution < 1.29 is 0 Å². The van der Waals surface area contributed by atoms with Crippen LogP contribution in [0.5, 0.6) is 0 Å². The van der Waals surface area contributed by atoms with Crippen LogP contribution in [0, 0.1) is 0 Å². The fourth-order valence-electron chi connectivity index (χ4n) is 2.23. The van der Waals surface area contributed by atoms with Gasteiger partial charge < -0.3 is 5.32 Å². The lowest BCUT2D eigenvalue weighted by Crippen LogP contribution is -2.25. The first-order valence-corrected chi connectivity index (χ1v) is 8.46. The molecule has 4 heteroatoms. The van der Waals surface area contributed by atoms with Gasteiger partial charge >= 0.3 is 0 Å². The van der Waals surface area contributed by atoms with Gasteiger partial charge in [0.2, 0.25) is 0 Å². The van der Waals surface area contributed by atoms with E-state index in [0.29, 0.717) is 0 Å². The third-order valence-electron chi connectivity index (χ3n) is 3.21. The standard InChI is InChI=1S/C14H21BrN2S/c1-16-10-12-3-4-13(14(15)9-12)11-17-5-2-7-18-8-6-17/h3-4,9,16H,2,5-8,10-11H2,1H3. The molecule has 0 atom stereocenters. The summed E-state index contributed by atoms with van der Waals surface area (Å²) >= 11 is 5.79. The zero-order chi connectivity index (χ0) is 12.8. The SMILES string of the molecule is CNCc1ccc(CN2CCCSCC2)c(Br)c1. The Kier molecular flexibility index (Phi) is 6.02. The highest BCUT2D eigenvalue weighted by Crippen LogP contribution is 2.21. The van der Waals surface area contributed by atoms with Gasteiger partial charge in [0.25, 0.3) is 0 Å². The van der Waals surface area contributed by atoms with Crippen LogP contribution >= 0.6 is 27.7 Å². The van der Waals surface area contributed by atoms with E-state index < -0.39 is 0 Å². The van der Waals surface area contributed by atoms with Crippen molar-refractivity contribution in [3.8, 4) is 0 Å². The van der Waals surface area contributed by atoms with E-state index >= 15 is 0 Å². The van der Waals surface area contributed by atoms with Crippen molar-refractivity contribution in [2.75, 3.05) is 31.6 Å². The van der Waals surface area contributed by atoms with E-state index in [1.807, 2.05) is 7.05 Å². The average molecular weight is 329 g/mol. The van der Waals surface area contributed by atoms with Crippen LogP contribution in [-0.2, 0) is 13.1 Å². The fourth-order valence-corrected chi connectivity index (χ4v) is 3.71. The Morgan fingerprint density at radius 2 is 2.22 bits per heavy atom. The number of nitrogens with zero attached hydrogens (tertiary/aromatic N) is 1. The fraction of sp³-hybridized carbons (Fsp3) is 0.571. The maximum atomic E-state index is 3.70. The summed E-state index contributed by atoms with van der Waals surface area (Å²) in [6, 6.07) is 6.72. The van der Waals surface area contributed by atoms with Crippen molar-refractivity contribution in [1.82, 2.24) is 10.2 Å². The monoisotopic (exact) mass is 328 g/mol. The second-order valence-electron chi connectivity index (χ2n) is 4.70. The normalized spacial score (nSPS) is 17.7. The van der Waals surface area contributed by atoms with Crippen LogP contribution in [0.4, 0.5) is 0 Å². The van der Waals surface area contributed by atoms with Gasteiger partial charge in [-0.3, -0.25) is 4.90 Å². The number of halogens is 1. The number of rotatable bonds is 4. The molecule has 1 N–H and O–H groups in total. The molecule has 1 aromatic rings. The molecule has 0 radical (unpaired) electrons. The quantitative estimate of drug-likeness (QED) is 0.914. The molecule has 0 aliphatic carbocycles. The highest BCUT2D eigenvalue weighted by molar-refractivity contribution is 9.10. The molecule has 0 saturated carbocycles. The molecule has 0 spiro atoms. The Morgan fingerprint density at radius 3 is 3.00 bits per heavy atom. The number of hydrogen-bond acceptors (Lipinski definition) is 3. The lowest BCUT2D eigenvalue weighted by atomic mass is 10.1. The van der Waals surface area contributed by atoms with Gasteiger partial charge in [-0.2, -0.15) is 11.8 Å². The zero-order valence-electron chi connectivity index (χ0n) is 10.9. The van der Waals surface area contributed by atoms with E-state index in [9.17, 15) is 0 Å². The third-order valence-corrected chi connectivity index (χ3v) is 4.99. The van der Waals surface area contributed by atoms with Gasteiger partial charge in [-0.05, 0) is 43.0 Å². The summed E-state index contributed by atoms with van der Waals surface area (Å²) in [5, 5.41) is 3.19. The van der Waals surface area contributed by atoms with Crippen molar-refractivity contribution in [3.05, 3.63) is 33.8 Å². The number of benzene rings is 1. The first kappa shape index (κ1) is 14.4. The molecule has 1 aromatic carbocycles. The van der Waals surface area contributed by atoms with Gasteiger partial charge in [0.1, 0.15) is 0 Å². The van der Waals surface area contributed by atoms with Gasteiger partial charge in [-0.1, -0.05) is 28.1 Å². The summed E-state index contributed by atoms with van der Waals surface area (Å²) in [7, 11) is 1.98. The Balaban J connectivity index is 1.99. The lowest BCUT2D eigenvalue weighted by Gasteiger charge is -2.20. The number of nitrogens with one attached hydrogen (secondary N) is 1. The Morgan fingerprint density at radius 1 is 1.33 bits per heavy atom. The van der Waals surface area contributed by atoms with E-state index in [1.165, 1.54) is 46.6 Å². The number of hydrogen-bond donors (Lipinski definition) is 1. The summed E-state index contributed by atoms with van der Waals surface area (Å²) in [6.07, 6.45) is 1.32. The molecular formula is C14H21BrN2S. The van der Waals surface area contributed by atoms with E-state index in [0.717, 1.165) is 13.1 Å². The molecule has 1 aliphatic rings. The van der Waals surface area contributed by atoms with Crippen LogP contribution in [0.15, 0.2) is 22.7 Å². The summed E-state index contributed by atoms with van der Waals surface area (Å²) in [5.74, 6) is 2.59. The Labute approximate surface area is 123 Å². The molecule has 0 unspecified atom stereocenters. The van der Waals surface area contributed by atoms with E-state index in [4.69, 9.17) is 0 Å². The molecule has 0 amide bonds. The maximum Gasteiger partial charge on any atom is 0.0245 e. The van der Waals surface area contributed by atoms with Crippen molar-refractivity contribution in [2.24, 2.45) is 0 Å². The Bertz CT molecular complexity index is 376. The van der Waals surface area contributed by atoms with Gasteiger partial charge in [0.15, 0.2) is 0 Å². The molecule has 1 saturated heterocycles. The summed E-state index contributed by atoms with van der Waals surface area (Å²) in [6.45, 7) is 4.45. The Hall–Kier alpha value is -0.0300. The van der Waals surface area contributed by atoms with Crippen LogP contribution in [0.3, 0.4) is 0 Å². The molecule has 1 fully saturated rings. The van der Waals surface area contributed by atoms with Crippen molar-refractivity contribution in [2.45, 2.75) is 19.5 Å². The predicted molar refractivity (Wildman–Crippen MR) is 84.1 cm³/mol. The van der Waals surface area contributed by atoms with E-state index in [1.54, 1.807) is 0 Å². The topological polar surface area (TPSA) is 15.3 Å². The second kappa shape index (κ2) is 7.53. The van der Waals surface area contributed by atoms with Crippen LogP contribution in [0.1, 0.15) is 17.5 Å². The molecule has 0 bridgehead atoms. The van der Waals surface area contributed by atoms with E-state index in [-0.39, 0.29) is 0 Å². The molecule has 0 aromatic heterocycles. The van der Waals surface area contributed by atoms with Crippen molar-refractivity contribution >= 4 is 27.7 Å². The number of thioether (sulfide) groups is 1. The highest BCUT2D eigenvalue weighted by atomic mass is 79.9. The van der Waals surface area contributed by atoms with Gasteiger partial charge in [0.05, 0.1) is 0 Å². The van der Waals surface area contributed by atoms with Crippen LogP contribution < -0.4 is 5.32 Å². The lowest BCUT2D eigenvalue weighted by molar-refractivity contribution is 0.287. The second-order valence-corrected chi connectivity index (χ2v) is 6.78. The summed E-state index contributed by atoms with van der Waals surface area (Å²) < 4.78 is 1.24. The van der Waals surface area contributed by atoms with Crippen molar-refractivity contribution in [1.29, 1.82) is 0 Å². The molecule has 2 rings (SSSR count). The van der Waals surface area contributed by atoms with Crippen LogP contribution in [-0.4, -0.2) is 36.5 Å². The molecule has 1 heterocycles. The summed E-state index contributed by atoms with van der Waals surface area (Å²) in [5.41, 5.74) is 2.74. The molecule has 18 heavy (non-hydrogen) atoms. The van der Waals surface area contributed by atoms with Gasteiger partial charge in [-0.15, -0.1) is 0 Å². The first-order chi connectivity index (χ1) is 8.79. The van der Waals surface area contributed by atoms with Crippen LogP contribution in [0.2, 0.25) is 0 Å². The highest BCUT2D eigenvalue weighted by Gasteiger charge is 2.11. The smallest absolute Gasteiger partial charge is 0.0245 e. The largest absolute Gasteiger partial charge is 0.316 e. The summed E-state index contributed by atoms with van der Waals surface area (Å²) in [4.78, 5) is 2.57. The minimum absolute atomic E-state index is 0.930. The average Bonchev–Trinajstić information content (AvgIpc) is 2.62. The molecular weight excluding hydrogens is 308 g/mol.